The molecule has 0 saturated heterocycles. The Morgan fingerprint density at radius 1 is 1.38 bits per heavy atom. The molecular weight excluding hydrogens is 186 g/mol. The van der Waals surface area contributed by atoms with Gasteiger partial charge in [0.25, 0.3) is 0 Å². The molecule has 0 radical (unpaired) electrons. The van der Waals surface area contributed by atoms with Crippen LogP contribution in [0.15, 0.2) is 29.2 Å². The zero-order valence-electron chi connectivity index (χ0n) is 8.07. The van der Waals surface area contributed by atoms with Crippen molar-refractivity contribution in [3.8, 4) is 0 Å². The van der Waals surface area contributed by atoms with Crippen LogP contribution in [0.3, 0.4) is 0 Å². The number of hydrogen-bond donors (Lipinski definition) is 2. The van der Waals surface area contributed by atoms with Gasteiger partial charge in [0, 0.05) is 8.47 Å². The molecule has 0 fully saturated rings. The zero-order chi connectivity index (χ0) is 10.3. The topological polar surface area (TPSA) is 49.3 Å². The molecule has 1 rings (SSSR count). The highest BCUT2D eigenvalue weighted by Crippen LogP contribution is 2.16. The minimum absolute atomic E-state index is 0. The first-order chi connectivity index (χ1) is 6.25. The third-order valence-corrected chi connectivity index (χ3v) is 2.08. The molecule has 1 atom stereocenters. The van der Waals surface area contributed by atoms with Gasteiger partial charge in [-0.25, -0.2) is 4.21 Å². The maximum absolute atomic E-state index is 10.7. The fourth-order valence-electron chi connectivity index (χ4n) is 0.825. The Labute approximate surface area is 82.9 Å². The van der Waals surface area contributed by atoms with Crippen LogP contribution in [0.1, 0.15) is 15.3 Å². The molecule has 1 aromatic carbocycles. The van der Waals surface area contributed by atoms with E-state index in [0.717, 1.165) is 0 Å². The average Bonchev–Trinajstić information content (AvgIpc) is 2.20. The largest absolute Gasteiger partial charge is 0.387 e. The van der Waals surface area contributed by atoms with E-state index in [9.17, 15) is 4.21 Å². The summed E-state index contributed by atoms with van der Waals surface area (Å²) in [4.78, 5) is 0.412. The number of nitrogens with one attached hydrogen (secondary N) is 1. The Hall–Kier alpha value is -0.870. The van der Waals surface area contributed by atoms with Crippen molar-refractivity contribution >= 4 is 16.8 Å². The van der Waals surface area contributed by atoms with Crippen molar-refractivity contribution in [3.63, 3.8) is 0 Å². The molecular formula is C9H17NO2S. The molecule has 0 heterocycles. The van der Waals surface area contributed by atoms with Crippen molar-refractivity contribution in [3.05, 3.63) is 24.3 Å². The second-order valence-electron chi connectivity index (χ2n) is 2.00. The number of benzene rings is 1. The van der Waals surface area contributed by atoms with Crippen LogP contribution in [0.25, 0.3) is 0 Å². The molecule has 13 heavy (non-hydrogen) atoms. The molecule has 1 aromatic rings. The maximum Gasteiger partial charge on any atom is 0.188 e. The molecule has 76 valence electrons. The van der Waals surface area contributed by atoms with E-state index >= 15 is 0 Å². The molecule has 2 N–H and O–H groups in total. The molecule has 4 heteroatoms. The van der Waals surface area contributed by atoms with E-state index in [1.165, 1.54) is 0 Å². The van der Waals surface area contributed by atoms with Gasteiger partial charge in [-0.05, 0) is 12.1 Å². The highest BCUT2D eigenvalue weighted by molar-refractivity contribution is 7.79. The molecule has 0 aliphatic heterocycles. The van der Waals surface area contributed by atoms with Gasteiger partial charge in [0.1, 0.15) is 0 Å². The van der Waals surface area contributed by atoms with E-state index in [4.69, 9.17) is 4.55 Å². The molecule has 1 unspecified atom stereocenters. The minimum atomic E-state index is -1.90. The molecule has 0 amide bonds. The molecule has 3 nitrogen and oxygen atoms in total. The van der Waals surface area contributed by atoms with Gasteiger partial charge in [-0.3, -0.25) is 0 Å². The average molecular weight is 203 g/mol. The van der Waals surface area contributed by atoms with E-state index in [2.05, 4.69) is 5.32 Å². The molecule has 0 spiro atoms. The van der Waals surface area contributed by atoms with Gasteiger partial charge in [-0.15, -0.1) is 0 Å². The fraction of sp³-hybridized carbons (Fsp3) is 0.333. The van der Waals surface area contributed by atoms with E-state index in [1.54, 1.807) is 25.2 Å². The van der Waals surface area contributed by atoms with Gasteiger partial charge in [0.15, 0.2) is 11.1 Å². The predicted molar refractivity (Wildman–Crippen MR) is 58.5 cm³/mol. The van der Waals surface area contributed by atoms with Crippen molar-refractivity contribution in [2.45, 2.75) is 18.7 Å². The van der Waals surface area contributed by atoms with Crippen LogP contribution in [0.2, 0.25) is 0 Å². The predicted octanol–water partition coefficient (Wildman–Crippen LogP) is 2.58. The summed E-state index contributed by atoms with van der Waals surface area (Å²) in [5.41, 5.74) is 0.688. The molecule has 0 aromatic heterocycles. The van der Waals surface area contributed by atoms with Crippen molar-refractivity contribution in [2.24, 2.45) is 0 Å². The maximum atomic E-state index is 10.7. The summed E-state index contributed by atoms with van der Waals surface area (Å²) < 4.78 is 19.4. The minimum Gasteiger partial charge on any atom is -0.387 e. The third-order valence-electron chi connectivity index (χ3n) is 1.34. The third kappa shape index (κ3) is 3.57. The van der Waals surface area contributed by atoms with Gasteiger partial charge in [-0.2, -0.15) is 0 Å². The lowest BCUT2D eigenvalue weighted by Crippen LogP contribution is -1.96. The van der Waals surface area contributed by atoms with Crippen molar-refractivity contribution in [1.29, 1.82) is 0 Å². The van der Waals surface area contributed by atoms with E-state index in [-0.39, 0.29) is 1.43 Å². The summed E-state index contributed by atoms with van der Waals surface area (Å²) in [5.74, 6) is 0. The van der Waals surface area contributed by atoms with Crippen molar-refractivity contribution in [2.75, 3.05) is 12.4 Å². The van der Waals surface area contributed by atoms with E-state index in [1.807, 2.05) is 19.9 Å². The quantitative estimate of drug-likeness (QED) is 0.726. The molecule has 0 bridgehead atoms. The first kappa shape index (κ1) is 12.1. The smallest absolute Gasteiger partial charge is 0.188 e. The molecule has 0 aliphatic rings. The second-order valence-corrected chi connectivity index (χ2v) is 2.93. The Morgan fingerprint density at radius 3 is 2.31 bits per heavy atom. The monoisotopic (exact) mass is 203 g/mol. The summed E-state index contributed by atoms with van der Waals surface area (Å²) in [6, 6.07) is 6.90. The Balaban J connectivity index is 0. The van der Waals surface area contributed by atoms with Crippen molar-refractivity contribution < 1.29 is 10.2 Å². The van der Waals surface area contributed by atoms with Crippen LogP contribution < -0.4 is 5.32 Å². The Bertz CT molecular complexity index is 281. The number of para-hydroxylation sites is 1. The highest BCUT2D eigenvalue weighted by atomic mass is 32.2. The lowest BCUT2D eigenvalue weighted by Gasteiger charge is -2.03. The first-order valence-corrected chi connectivity index (χ1v) is 5.24. The van der Waals surface area contributed by atoms with Crippen LogP contribution in [-0.2, 0) is 11.1 Å². The Kier molecular flexibility index (Phi) is 6.18. The zero-order valence-corrected chi connectivity index (χ0v) is 8.89. The highest BCUT2D eigenvalue weighted by Gasteiger charge is 2.03. The van der Waals surface area contributed by atoms with Gasteiger partial charge in [0.2, 0.25) is 0 Å². The summed E-state index contributed by atoms with van der Waals surface area (Å²) in [5, 5.41) is 2.82. The van der Waals surface area contributed by atoms with E-state index < -0.39 is 11.1 Å². The van der Waals surface area contributed by atoms with Crippen LogP contribution in [0.5, 0.6) is 0 Å². The van der Waals surface area contributed by atoms with Crippen LogP contribution in [0, 0.1) is 0 Å². The first-order valence-electron chi connectivity index (χ1n) is 4.13. The summed E-state index contributed by atoms with van der Waals surface area (Å²) >= 11 is -1.90. The normalized spacial score (nSPS) is 11.1. The van der Waals surface area contributed by atoms with Crippen LogP contribution >= 0.6 is 0 Å². The molecule has 0 aliphatic carbocycles. The van der Waals surface area contributed by atoms with Gasteiger partial charge in [0.05, 0.1) is 10.6 Å². The summed E-state index contributed by atoms with van der Waals surface area (Å²) in [6.07, 6.45) is 0. The van der Waals surface area contributed by atoms with Crippen LogP contribution in [-0.4, -0.2) is 15.8 Å². The molecule has 0 saturated carbocycles. The SMILES string of the molecule is CC.CNc1ccccc1S(=O)O.[HH]. The number of anilines is 1. The lowest BCUT2D eigenvalue weighted by atomic mass is 10.3. The number of hydrogen-bond acceptors (Lipinski definition) is 2. The van der Waals surface area contributed by atoms with Crippen molar-refractivity contribution in [1.82, 2.24) is 0 Å². The fourth-order valence-corrected chi connectivity index (χ4v) is 1.38. The van der Waals surface area contributed by atoms with Gasteiger partial charge < -0.3 is 9.87 Å². The summed E-state index contributed by atoms with van der Waals surface area (Å²) in [7, 11) is 1.71. The van der Waals surface area contributed by atoms with Gasteiger partial charge >= 0.3 is 0 Å². The standard InChI is InChI=1S/C7H9NO2S.C2H6.H2/c1-8-6-4-2-3-5-7(6)11(9)10;1-2;/h2-5,8H,1H3,(H,9,10);1-2H3;1H. The second kappa shape index (κ2) is 6.62. The van der Waals surface area contributed by atoms with E-state index in [0.29, 0.717) is 10.6 Å². The lowest BCUT2D eigenvalue weighted by molar-refractivity contribution is 0.565. The Morgan fingerprint density at radius 2 is 1.92 bits per heavy atom. The van der Waals surface area contributed by atoms with Gasteiger partial charge in [-0.1, -0.05) is 26.0 Å². The number of rotatable bonds is 2. The van der Waals surface area contributed by atoms with Crippen LogP contribution in [0.4, 0.5) is 5.69 Å². The summed E-state index contributed by atoms with van der Waals surface area (Å²) in [6.45, 7) is 4.00.